The Morgan fingerprint density at radius 3 is 3.09 bits per heavy atom. The molecule has 2 aliphatic heterocycles. The molecule has 0 bridgehead atoms. The first-order chi connectivity index (χ1) is 11.2. The summed E-state index contributed by atoms with van der Waals surface area (Å²) in [6.45, 7) is 3.46. The van der Waals surface area contributed by atoms with E-state index in [9.17, 15) is 4.39 Å². The fraction of sp³-hybridized carbons (Fsp3) is 0.471. The molecule has 1 atom stereocenters. The highest BCUT2D eigenvalue weighted by molar-refractivity contribution is 7.09. The van der Waals surface area contributed by atoms with Gasteiger partial charge in [0.15, 0.2) is 5.82 Å². The minimum atomic E-state index is -0.402. The number of rotatable bonds is 4. The molecule has 6 heteroatoms. The SMILES string of the molecule is Fc1cccnc1OC1CCOC2(C1)CN(Cc1cccs1)C2. The Morgan fingerprint density at radius 2 is 2.30 bits per heavy atom. The molecule has 0 radical (unpaired) electrons. The molecule has 4 heterocycles. The number of nitrogens with zero attached hydrogens (tertiary/aromatic N) is 2. The molecular weight excluding hydrogens is 315 g/mol. The lowest BCUT2D eigenvalue weighted by molar-refractivity contribution is -0.188. The Bertz CT molecular complexity index is 658. The number of ether oxygens (including phenoxy) is 2. The highest BCUT2D eigenvalue weighted by atomic mass is 32.1. The average molecular weight is 334 g/mol. The summed E-state index contributed by atoms with van der Waals surface area (Å²) in [4.78, 5) is 7.74. The third-order valence-corrected chi connectivity index (χ3v) is 5.29. The molecule has 23 heavy (non-hydrogen) atoms. The van der Waals surface area contributed by atoms with Crippen LogP contribution in [0.4, 0.5) is 4.39 Å². The number of hydrogen-bond donors (Lipinski definition) is 0. The van der Waals surface area contributed by atoms with Crippen molar-refractivity contribution in [2.24, 2.45) is 0 Å². The number of thiophene rings is 1. The number of halogens is 1. The van der Waals surface area contributed by atoms with E-state index in [1.54, 1.807) is 23.6 Å². The summed E-state index contributed by atoms with van der Waals surface area (Å²) in [5.41, 5.74) is -0.133. The van der Waals surface area contributed by atoms with Gasteiger partial charge in [-0.3, -0.25) is 4.90 Å². The molecule has 0 saturated carbocycles. The Hall–Kier alpha value is -1.50. The van der Waals surface area contributed by atoms with Crippen molar-refractivity contribution in [3.8, 4) is 5.88 Å². The molecule has 1 spiro atoms. The molecule has 0 aromatic carbocycles. The largest absolute Gasteiger partial charge is 0.472 e. The smallest absolute Gasteiger partial charge is 0.250 e. The normalized spacial score (nSPS) is 23.6. The van der Waals surface area contributed by atoms with Crippen molar-refractivity contribution in [3.63, 3.8) is 0 Å². The zero-order chi connectivity index (χ0) is 15.7. The summed E-state index contributed by atoms with van der Waals surface area (Å²) >= 11 is 1.78. The van der Waals surface area contributed by atoms with Gasteiger partial charge in [0, 0.05) is 43.5 Å². The van der Waals surface area contributed by atoms with Gasteiger partial charge in [-0.15, -0.1) is 11.3 Å². The molecule has 4 rings (SSSR count). The van der Waals surface area contributed by atoms with E-state index in [1.165, 1.54) is 10.9 Å². The van der Waals surface area contributed by atoms with Crippen molar-refractivity contribution in [2.45, 2.75) is 31.1 Å². The van der Waals surface area contributed by atoms with E-state index >= 15 is 0 Å². The summed E-state index contributed by atoms with van der Waals surface area (Å²) in [6.07, 6.45) is 3.10. The number of aromatic nitrogens is 1. The predicted octanol–water partition coefficient (Wildman–Crippen LogP) is 3.09. The first-order valence-corrected chi connectivity index (χ1v) is 8.76. The average Bonchev–Trinajstić information content (AvgIpc) is 3.02. The van der Waals surface area contributed by atoms with E-state index in [0.29, 0.717) is 6.61 Å². The molecule has 2 aromatic rings. The first kappa shape index (κ1) is 15.1. The lowest BCUT2D eigenvalue weighted by Crippen LogP contribution is -2.65. The molecule has 0 amide bonds. The Balaban J connectivity index is 1.34. The minimum Gasteiger partial charge on any atom is -0.472 e. The predicted molar refractivity (Wildman–Crippen MR) is 86.1 cm³/mol. The molecule has 122 valence electrons. The van der Waals surface area contributed by atoms with E-state index in [1.807, 2.05) is 0 Å². The van der Waals surface area contributed by atoms with E-state index < -0.39 is 5.82 Å². The minimum absolute atomic E-state index is 0.0305. The van der Waals surface area contributed by atoms with Crippen molar-refractivity contribution in [1.29, 1.82) is 0 Å². The van der Waals surface area contributed by atoms with Gasteiger partial charge in [-0.25, -0.2) is 9.37 Å². The molecule has 2 saturated heterocycles. The van der Waals surface area contributed by atoms with Gasteiger partial charge >= 0.3 is 0 Å². The molecule has 0 aliphatic carbocycles. The van der Waals surface area contributed by atoms with Crippen LogP contribution < -0.4 is 4.74 Å². The van der Waals surface area contributed by atoms with Gasteiger partial charge in [-0.1, -0.05) is 6.07 Å². The van der Waals surface area contributed by atoms with Crippen LogP contribution in [0.5, 0.6) is 5.88 Å². The van der Waals surface area contributed by atoms with E-state index in [0.717, 1.165) is 32.5 Å². The lowest BCUT2D eigenvalue weighted by Gasteiger charge is -2.53. The zero-order valence-electron chi connectivity index (χ0n) is 12.8. The van der Waals surface area contributed by atoms with Crippen molar-refractivity contribution < 1.29 is 13.9 Å². The standard InChI is InChI=1S/C17H19FN2O2S/c18-15-4-1-6-19-16(15)22-13-5-7-21-17(9-13)11-20(12-17)10-14-3-2-8-23-14/h1-4,6,8,13H,5,7,9-12H2. The van der Waals surface area contributed by atoms with Crippen molar-refractivity contribution in [3.05, 3.63) is 46.5 Å². The van der Waals surface area contributed by atoms with Crippen LogP contribution in [0.15, 0.2) is 35.8 Å². The topological polar surface area (TPSA) is 34.6 Å². The highest BCUT2D eigenvalue weighted by Crippen LogP contribution is 2.36. The van der Waals surface area contributed by atoms with Gasteiger partial charge in [0.25, 0.3) is 5.88 Å². The molecular formula is C17H19FN2O2S. The summed E-state index contributed by atoms with van der Waals surface area (Å²) in [6, 6.07) is 7.19. The quantitative estimate of drug-likeness (QED) is 0.861. The maximum absolute atomic E-state index is 13.7. The molecule has 4 nitrogen and oxygen atoms in total. The Labute approximate surface area is 138 Å². The third-order valence-electron chi connectivity index (χ3n) is 4.43. The van der Waals surface area contributed by atoms with Gasteiger partial charge in [0.2, 0.25) is 0 Å². The maximum Gasteiger partial charge on any atom is 0.250 e. The molecule has 0 N–H and O–H groups in total. The van der Waals surface area contributed by atoms with Crippen LogP contribution >= 0.6 is 11.3 Å². The van der Waals surface area contributed by atoms with E-state index in [2.05, 4.69) is 27.4 Å². The van der Waals surface area contributed by atoms with Gasteiger partial charge in [-0.2, -0.15) is 0 Å². The molecule has 2 aromatic heterocycles. The molecule has 1 unspecified atom stereocenters. The van der Waals surface area contributed by atoms with Crippen molar-refractivity contribution in [2.75, 3.05) is 19.7 Å². The summed E-state index contributed by atoms with van der Waals surface area (Å²) in [7, 11) is 0. The lowest BCUT2D eigenvalue weighted by atomic mass is 9.84. The van der Waals surface area contributed by atoms with Crippen LogP contribution in [0.25, 0.3) is 0 Å². The first-order valence-electron chi connectivity index (χ1n) is 7.88. The van der Waals surface area contributed by atoms with Crippen LogP contribution in [0.1, 0.15) is 17.7 Å². The fourth-order valence-electron chi connectivity index (χ4n) is 3.42. The van der Waals surface area contributed by atoms with Crippen LogP contribution in [0, 0.1) is 5.82 Å². The number of pyridine rings is 1. The summed E-state index contributed by atoms with van der Waals surface area (Å²) in [5.74, 6) is -0.301. The summed E-state index contributed by atoms with van der Waals surface area (Å²) in [5, 5.41) is 2.10. The zero-order valence-corrected chi connectivity index (χ0v) is 13.6. The molecule has 2 aliphatic rings. The Kier molecular flexibility index (Phi) is 4.05. The van der Waals surface area contributed by atoms with Crippen molar-refractivity contribution >= 4 is 11.3 Å². The summed E-state index contributed by atoms with van der Waals surface area (Å²) < 4.78 is 25.5. The maximum atomic E-state index is 13.7. The van der Waals surface area contributed by atoms with Crippen LogP contribution in [-0.2, 0) is 11.3 Å². The van der Waals surface area contributed by atoms with Crippen molar-refractivity contribution in [1.82, 2.24) is 9.88 Å². The van der Waals surface area contributed by atoms with Crippen LogP contribution in [0.2, 0.25) is 0 Å². The van der Waals surface area contributed by atoms with Crippen LogP contribution in [-0.4, -0.2) is 41.3 Å². The second-order valence-electron chi connectivity index (χ2n) is 6.28. The van der Waals surface area contributed by atoms with Gasteiger partial charge in [0.05, 0.1) is 12.2 Å². The molecule has 2 fully saturated rings. The monoisotopic (exact) mass is 334 g/mol. The van der Waals surface area contributed by atoms with E-state index in [4.69, 9.17) is 9.47 Å². The van der Waals surface area contributed by atoms with Crippen LogP contribution in [0.3, 0.4) is 0 Å². The number of hydrogen-bond acceptors (Lipinski definition) is 5. The van der Waals surface area contributed by atoms with Gasteiger partial charge in [-0.05, 0) is 23.6 Å². The number of likely N-dealkylation sites (tertiary alicyclic amines) is 1. The third kappa shape index (κ3) is 3.24. The fourth-order valence-corrected chi connectivity index (χ4v) is 4.17. The second-order valence-corrected chi connectivity index (χ2v) is 7.31. The van der Waals surface area contributed by atoms with Gasteiger partial charge in [0.1, 0.15) is 6.10 Å². The Morgan fingerprint density at radius 1 is 1.39 bits per heavy atom. The highest BCUT2D eigenvalue weighted by Gasteiger charge is 2.48. The van der Waals surface area contributed by atoms with E-state index in [-0.39, 0.29) is 17.6 Å². The van der Waals surface area contributed by atoms with Gasteiger partial charge < -0.3 is 9.47 Å². The second kappa shape index (κ2) is 6.19.